The summed E-state index contributed by atoms with van der Waals surface area (Å²) in [4.78, 5) is 45.6. The molecule has 0 bridgehead atoms. The molecule has 3 aromatic rings. The summed E-state index contributed by atoms with van der Waals surface area (Å²) >= 11 is 0. The maximum absolute atomic E-state index is 12.6. The number of sulfone groups is 1. The molecule has 6 N–H and O–H groups in total. The minimum absolute atomic E-state index is 0.0350. The van der Waals surface area contributed by atoms with E-state index < -0.39 is 57.9 Å². The minimum atomic E-state index is -5.08. The number of rotatable bonds is 12. The van der Waals surface area contributed by atoms with Crippen molar-refractivity contribution in [3.05, 3.63) is 76.7 Å². The number of nitrogens with one attached hydrogen (secondary N) is 2. The molecule has 2 heterocycles. The number of hydrogen-bond donors (Lipinski definition) is 5. The molecule has 0 unspecified atom stereocenters. The highest BCUT2D eigenvalue weighted by Gasteiger charge is 2.38. The maximum atomic E-state index is 12.6. The van der Waals surface area contributed by atoms with E-state index in [1.54, 1.807) is 30.3 Å². The number of nitrogens with zero attached hydrogens (tertiary/aromatic N) is 1. The Morgan fingerprint density at radius 3 is 2.26 bits per heavy atom. The van der Waals surface area contributed by atoms with Crippen molar-refractivity contribution in [2.24, 2.45) is 5.73 Å². The van der Waals surface area contributed by atoms with Crippen molar-refractivity contribution in [1.82, 2.24) is 15.0 Å². The van der Waals surface area contributed by atoms with Gasteiger partial charge < -0.3 is 26.0 Å². The van der Waals surface area contributed by atoms with Crippen LogP contribution in [0.15, 0.2) is 70.5 Å². The van der Waals surface area contributed by atoms with E-state index in [9.17, 15) is 41.1 Å². The summed E-state index contributed by atoms with van der Waals surface area (Å²) in [5.74, 6) is -4.92. The van der Waals surface area contributed by atoms with Crippen molar-refractivity contribution in [3.63, 3.8) is 0 Å². The topological polar surface area (TPSA) is 207 Å². The van der Waals surface area contributed by atoms with E-state index in [-0.39, 0.29) is 10.5 Å². The Kier molecular flexibility index (Phi) is 12.0. The van der Waals surface area contributed by atoms with Gasteiger partial charge in [-0.1, -0.05) is 18.2 Å². The first-order chi connectivity index (χ1) is 19.7. The third-order valence-corrected chi connectivity index (χ3v) is 6.82. The second-order valence-corrected chi connectivity index (χ2v) is 10.4. The van der Waals surface area contributed by atoms with E-state index in [1.165, 1.54) is 28.8 Å². The molecule has 0 radical (unpaired) electrons. The smallest absolute Gasteiger partial charge is 0.490 e. The van der Waals surface area contributed by atoms with Gasteiger partial charge in [-0.15, -0.1) is 0 Å². The zero-order valence-electron chi connectivity index (χ0n) is 21.7. The highest BCUT2D eigenvalue weighted by atomic mass is 32.2. The van der Waals surface area contributed by atoms with E-state index in [0.29, 0.717) is 30.8 Å². The van der Waals surface area contributed by atoms with Gasteiger partial charge in [-0.3, -0.25) is 24.1 Å². The van der Waals surface area contributed by atoms with E-state index in [0.717, 1.165) is 6.07 Å². The standard InChI is InChI=1S/C23H26N4O7S.C2HF3O2/c24-9-4-10-34-18-8-7-17-11-16(12-21(28)27(17)14-18)22(29)25-13-20(23(30)31)26-15-35(32,33)19-5-2-1-3-6-19;3-2(4,5)1(6)7/h1-3,5-8,11-12,14,20,26H,4,9-10,13,15,24H2,(H,25,29)(H,30,31);(H,6,7)/t20-;/m0./s1. The van der Waals surface area contributed by atoms with Gasteiger partial charge in [0.2, 0.25) is 0 Å². The SMILES string of the molecule is NCCCOc1ccc2cc(C(=O)NC[C@H](NCS(=O)(=O)c3ccccc3)C(=O)O)cc(=O)n2c1.O=C(O)C(F)(F)F. The number of aliphatic carboxylic acids is 2. The van der Waals surface area contributed by atoms with Crippen molar-refractivity contribution >= 4 is 33.2 Å². The number of hydrogen-bond acceptors (Lipinski definition) is 9. The summed E-state index contributed by atoms with van der Waals surface area (Å²) in [5.41, 5.74) is 5.44. The number of amides is 1. The quantitative estimate of drug-likeness (QED) is 0.180. The molecule has 42 heavy (non-hydrogen) atoms. The van der Waals surface area contributed by atoms with Crippen LogP contribution in [0, 0.1) is 0 Å². The monoisotopic (exact) mass is 616 g/mol. The van der Waals surface area contributed by atoms with Crippen LogP contribution in [0.1, 0.15) is 16.8 Å². The van der Waals surface area contributed by atoms with E-state index in [1.807, 2.05) is 0 Å². The number of alkyl halides is 3. The normalized spacial score (nSPS) is 12.1. The van der Waals surface area contributed by atoms with Gasteiger partial charge in [0, 0.05) is 23.7 Å². The number of ether oxygens (including phenoxy) is 1. The van der Waals surface area contributed by atoms with Crippen LogP contribution in [-0.4, -0.2) is 78.7 Å². The van der Waals surface area contributed by atoms with Crippen molar-refractivity contribution in [2.75, 3.05) is 25.6 Å². The molecular formula is C25H27F3N4O9S. The fourth-order valence-electron chi connectivity index (χ4n) is 3.16. The van der Waals surface area contributed by atoms with Crippen molar-refractivity contribution in [1.29, 1.82) is 0 Å². The first kappa shape index (κ1) is 33.7. The summed E-state index contributed by atoms with van der Waals surface area (Å²) in [6.45, 7) is 0.488. The molecule has 0 aliphatic rings. The zero-order chi connectivity index (χ0) is 31.5. The highest BCUT2D eigenvalue weighted by Crippen LogP contribution is 2.14. The lowest BCUT2D eigenvalue weighted by Gasteiger charge is -2.16. The number of aromatic nitrogens is 1. The van der Waals surface area contributed by atoms with Crippen LogP contribution >= 0.6 is 0 Å². The molecule has 0 saturated heterocycles. The summed E-state index contributed by atoms with van der Waals surface area (Å²) < 4.78 is 63.4. The first-order valence-electron chi connectivity index (χ1n) is 12.0. The first-order valence-corrected chi connectivity index (χ1v) is 13.6. The Hall–Kier alpha value is -4.48. The fourth-order valence-corrected chi connectivity index (χ4v) is 4.32. The van der Waals surface area contributed by atoms with Crippen molar-refractivity contribution < 1.29 is 50.9 Å². The number of carbonyl (C=O) groups is 3. The Bertz CT molecular complexity index is 1560. The van der Waals surface area contributed by atoms with Crippen LogP contribution in [0.3, 0.4) is 0 Å². The lowest BCUT2D eigenvalue weighted by atomic mass is 10.2. The number of halogens is 3. The number of carboxylic acid groups (broad SMARTS) is 2. The van der Waals surface area contributed by atoms with Crippen LogP contribution in [0.4, 0.5) is 13.2 Å². The van der Waals surface area contributed by atoms with Gasteiger partial charge in [-0.25, -0.2) is 13.2 Å². The number of carboxylic acids is 2. The Balaban J connectivity index is 0.000000782. The number of nitrogens with two attached hydrogens (primary N) is 1. The summed E-state index contributed by atoms with van der Waals surface area (Å²) in [5, 5.41) is 21.4. The van der Waals surface area contributed by atoms with E-state index in [2.05, 4.69) is 10.6 Å². The molecular weight excluding hydrogens is 589 g/mol. The number of fused-ring (bicyclic) bond motifs is 1. The van der Waals surface area contributed by atoms with Gasteiger partial charge in [0.15, 0.2) is 9.84 Å². The van der Waals surface area contributed by atoms with Crippen LogP contribution in [-0.2, 0) is 19.4 Å². The minimum Gasteiger partial charge on any atom is -0.492 e. The van der Waals surface area contributed by atoms with E-state index in [4.69, 9.17) is 20.4 Å². The van der Waals surface area contributed by atoms with Crippen LogP contribution in [0.25, 0.3) is 5.52 Å². The summed E-state index contributed by atoms with van der Waals surface area (Å²) in [6.07, 6.45) is -2.91. The molecule has 228 valence electrons. The third kappa shape index (κ3) is 10.2. The molecule has 0 saturated carbocycles. The van der Waals surface area contributed by atoms with E-state index >= 15 is 0 Å². The Morgan fingerprint density at radius 2 is 1.69 bits per heavy atom. The van der Waals surface area contributed by atoms with Crippen molar-refractivity contribution in [3.8, 4) is 5.75 Å². The summed E-state index contributed by atoms with van der Waals surface area (Å²) in [6, 6.07) is 12.1. The number of benzene rings is 1. The lowest BCUT2D eigenvalue weighted by Crippen LogP contribution is -2.47. The highest BCUT2D eigenvalue weighted by molar-refractivity contribution is 7.91. The molecule has 0 aliphatic carbocycles. The van der Waals surface area contributed by atoms with Crippen molar-refractivity contribution in [2.45, 2.75) is 23.5 Å². The molecule has 0 fully saturated rings. The molecule has 2 aromatic heterocycles. The molecule has 17 heteroatoms. The number of pyridine rings is 2. The Labute approximate surface area is 236 Å². The molecule has 3 rings (SSSR count). The van der Waals surface area contributed by atoms with Gasteiger partial charge >= 0.3 is 18.1 Å². The summed E-state index contributed by atoms with van der Waals surface area (Å²) in [7, 11) is -3.77. The molecule has 1 amide bonds. The van der Waals surface area contributed by atoms with Gasteiger partial charge in [-0.05, 0) is 43.3 Å². The Morgan fingerprint density at radius 1 is 1.05 bits per heavy atom. The maximum Gasteiger partial charge on any atom is 0.490 e. The third-order valence-electron chi connectivity index (χ3n) is 5.28. The average molecular weight is 617 g/mol. The zero-order valence-corrected chi connectivity index (χ0v) is 22.5. The van der Waals surface area contributed by atoms with Crippen LogP contribution < -0.4 is 26.7 Å². The van der Waals surface area contributed by atoms with Gasteiger partial charge in [0.25, 0.3) is 11.5 Å². The van der Waals surface area contributed by atoms with Gasteiger partial charge in [-0.2, -0.15) is 13.2 Å². The predicted molar refractivity (Wildman–Crippen MR) is 142 cm³/mol. The fraction of sp³-hybridized carbons (Fsp3) is 0.280. The van der Waals surface area contributed by atoms with Gasteiger partial charge in [0.05, 0.1) is 17.7 Å². The second kappa shape index (κ2) is 14.9. The molecule has 1 aromatic carbocycles. The largest absolute Gasteiger partial charge is 0.492 e. The molecule has 0 aliphatic heterocycles. The molecule has 13 nitrogen and oxygen atoms in total. The average Bonchev–Trinajstić information content (AvgIpc) is 2.93. The second-order valence-electron chi connectivity index (χ2n) is 8.41. The van der Waals surface area contributed by atoms with Gasteiger partial charge in [0.1, 0.15) is 17.7 Å². The van der Waals surface area contributed by atoms with Crippen LogP contribution in [0.2, 0.25) is 0 Å². The lowest BCUT2D eigenvalue weighted by molar-refractivity contribution is -0.192. The molecule has 0 spiro atoms. The predicted octanol–water partition coefficient (Wildman–Crippen LogP) is 0.864. The number of carbonyl (C=O) groups excluding carboxylic acids is 1. The molecule has 1 atom stereocenters. The van der Waals surface area contributed by atoms with Crippen LogP contribution in [0.5, 0.6) is 5.75 Å².